The first-order valence-electron chi connectivity index (χ1n) is 5.06. The summed E-state index contributed by atoms with van der Waals surface area (Å²) in [4.78, 5) is 4.04. The largest absolute Gasteiger partial charge is 0.397 e. The van der Waals surface area contributed by atoms with Gasteiger partial charge in [0.15, 0.2) is 10.8 Å². The molecule has 2 heterocycles. The van der Waals surface area contributed by atoms with Crippen molar-refractivity contribution in [3.05, 3.63) is 28.7 Å². The highest BCUT2D eigenvalue weighted by Gasteiger charge is 2.46. The lowest BCUT2D eigenvalue weighted by atomic mass is 10.1. The molecule has 0 radical (unpaired) electrons. The average molecular weight is 262 g/mol. The Morgan fingerprint density at radius 1 is 1.41 bits per heavy atom. The fraction of sp³-hybridized carbons (Fsp3) is 0.400. The monoisotopic (exact) mass is 261 g/mol. The molecule has 0 spiro atoms. The number of nitrogens with zero attached hydrogens (tertiary/aromatic N) is 3. The van der Waals surface area contributed by atoms with Gasteiger partial charge in [0, 0.05) is 12.3 Å². The van der Waals surface area contributed by atoms with Gasteiger partial charge >= 0.3 is 6.18 Å². The second-order valence-electron chi connectivity index (χ2n) is 4.04. The van der Waals surface area contributed by atoms with E-state index in [1.54, 1.807) is 0 Å². The van der Waals surface area contributed by atoms with E-state index < -0.39 is 12.1 Å². The van der Waals surface area contributed by atoms with Crippen LogP contribution in [0.3, 0.4) is 0 Å². The number of alkyl halides is 3. The molecule has 1 aliphatic carbocycles. The van der Waals surface area contributed by atoms with Crippen molar-refractivity contribution in [3.8, 4) is 0 Å². The molecule has 1 unspecified atom stereocenters. The van der Waals surface area contributed by atoms with Crippen LogP contribution in [0.1, 0.15) is 23.6 Å². The van der Waals surface area contributed by atoms with Crippen molar-refractivity contribution in [1.29, 1.82) is 0 Å². The van der Waals surface area contributed by atoms with Crippen molar-refractivity contribution in [3.63, 3.8) is 0 Å². The van der Waals surface area contributed by atoms with Crippen LogP contribution in [0.2, 0.25) is 5.15 Å². The summed E-state index contributed by atoms with van der Waals surface area (Å²) in [5.74, 6) is -1.47. The first-order valence-corrected chi connectivity index (χ1v) is 5.44. The maximum Gasteiger partial charge on any atom is 0.397 e. The molecule has 0 saturated heterocycles. The minimum absolute atomic E-state index is 0.0527. The molecule has 3 rings (SSSR count). The normalized spacial score (nSPS) is 19.9. The Labute approximate surface area is 99.2 Å². The van der Waals surface area contributed by atoms with Crippen molar-refractivity contribution in [2.24, 2.45) is 0 Å². The van der Waals surface area contributed by atoms with E-state index in [2.05, 4.69) is 10.1 Å². The summed E-state index contributed by atoms with van der Waals surface area (Å²) >= 11 is 5.69. The molecule has 0 saturated carbocycles. The van der Waals surface area contributed by atoms with Crippen LogP contribution >= 0.6 is 11.6 Å². The van der Waals surface area contributed by atoms with E-state index >= 15 is 0 Å². The Hall–Kier alpha value is -1.30. The molecule has 0 aliphatic heterocycles. The summed E-state index contributed by atoms with van der Waals surface area (Å²) in [7, 11) is 0. The lowest BCUT2D eigenvalue weighted by Crippen LogP contribution is -2.21. The number of rotatable bonds is 0. The van der Waals surface area contributed by atoms with Crippen molar-refractivity contribution < 1.29 is 13.2 Å². The minimum atomic E-state index is -4.25. The fourth-order valence-electron chi connectivity index (χ4n) is 2.28. The van der Waals surface area contributed by atoms with Crippen molar-refractivity contribution in [1.82, 2.24) is 14.6 Å². The van der Waals surface area contributed by atoms with Gasteiger partial charge in [-0.05, 0) is 18.4 Å². The van der Waals surface area contributed by atoms with Crippen LogP contribution in [-0.2, 0) is 6.42 Å². The first kappa shape index (κ1) is 10.8. The topological polar surface area (TPSA) is 30.2 Å². The van der Waals surface area contributed by atoms with Gasteiger partial charge in [-0.15, -0.1) is 0 Å². The Kier molecular flexibility index (Phi) is 2.13. The number of hydrogen-bond acceptors (Lipinski definition) is 2. The van der Waals surface area contributed by atoms with Gasteiger partial charge in [0.25, 0.3) is 0 Å². The van der Waals surface area contributed by atoms with E-state index in [9.17, 15) is 13.2 Å². The van der Waals surface area contributed by atoms with E-state index in [4.69, 9.17) is 11.6 Å². The third-order valence-corrected chi connectivity index (χ3v) is 3.18. The van der Waals surface area contributed by atoms with E-state index in [0.717, 1.165) is 0 Å². The van der Waals surface area contributed by atoms with Gasteiger partial charge in [0.05, 0.1) is 11.6 Å². The molecule has 2 aromatic heterocycles. The minimum Gasteiger partial charge on any atom is -0.237 e. The van der Waals surface area contributed by atoms with E-state index in [1.165, 1.54) is 16.8 Å². The van der Waals surface area contributed by atoms with Crippen molar-refractivity contribution >= 4 is 17.2 Å². The highest BCUT2D eigenvalue weighted by atomic mass is 35.5. The maximum atomic E-state index is 12.9. The highest BCUT2D eigenvalue weighted by molar-refractivity contribution is 6.29. The predicted molar refractivity (Wildman–Crippen MR) is 55.1 cm³/mol. The van der Waals surface area contributed by atoms with Crippen LogP contribution < -0.4 is 0 Å². The summed E-state index contributed by atoms with van der Waals surface area (Å²) < 4.78 is 39.9. The quantitative estimate of drug-likeness (QED) is 0.730. The number of aromatic nitrogens is 3. The van der Waals surface area contributed by atoms with Gasteiger partial charge in [0.2, 0.25) is 0 Å². The van der Waals surface area contributed by atoms with Crippen LogP contribution in [0.25, 0.3) is 5.65 Å². The van der Waals surface area contributed by atoms with Gasteiger partial charge in [-0.3, -0.25) is 0 Å². The van der Waals surface area contributed by atoms with Crippen LogP contribution in [0, 0.1) is 0 Å². The van der Waals surface area contributed by atoms with Gasteiger partial charge in [-0.1, -0.05) is 11.6 Å². The molecular formula is C10H7ClF3N3. The zero-order valence-corrected chi connectivity index (χ0v) is 9.26. The zero-order valence-electron chi connectivity index (χ0n) is 8.50. The Morgan fingerprint density at radius 2 is 2.18 bits per heavy atom. The predicted octanol–water partition coefficient (Wildman–Crippen LogP) is 2.97. The van der Waals surface area contributed by atoms with Crippen molar-refractivity contribution in [2.75, 3.05) is 0 Å². The summed E-state index contributed by atoms with van der Waals surface area (Å²) in [6, 6.07) is 1.45. The molecule has 7 heteroatoms. The molecule has 0 fully saturated rings. The van der Waals surface area contributed by atoms with Crippen molar-refractivity contribution in [2.45, 2.75) is 24.9 Å². The Morgan fingerprint density at radius 3 is 2.88 bits per heavy atom. The molecule has 1 aliphatic rings. The van der Waals surface area contributed by atoms with Crippen LogP contribution in [-0.4, -0.2) is 20.8 Å². The smallest absolute Gasteiger partial charge is 0.237 e. The summed E-state index contributed by atoms with van der Waals surface area (Å²) in [6.07, 6.45) is -2.34. The third-order valence-electron chi connectivity index (χ3n) is 3.00. The number of fused-ring (bicyclic) bond motifs is 3. The molecule has 0 aromatic carbocycles. The third kappa shape index (κ3) is 1.58. The Balaban J connectivity index is 2.27. The molecule has 90 valence electrons. The van der Waals surface area contributed by atoms with Gasteiger partial charge in [0.1, 0.15) is 0 Å². The highest BCUT2D eigenvalue weighted by Crippen LogP contribution is 2.44. The second kappa shape index (κ2) is 3.35. The zero-order chi connectivity index (χ0) is 12.2. The molecular weight excluding hydrogens is 255 g/mol. The standard InChI is InChI=1S/C10H7ClF3N3/c11-7-3-8-15-4-5-1-2-6(10(12,13)14)9(5)17(8)16-7/h3-4,6H,1-2H2. The summed E-state index contributed by atoms with van der Waals surface area (Å²) in [6.45, 7) is 0. The lowest BCUT2D eigenvalue weighted by Gasteiger charge is -2.16. The molecule has 2 aromatic rings. The summed E-state index contributed by atoms with van der Waals surface area (Å²) in [5, 5.41) is 4.02. The molecule has 3 nitrogen and oxygen atoms in total. The Bertz CT molecular complexity index is 590. The molecule has 0 amide bonds. The van der Waals surface area contributed by atoms with E-state index in [0.29, 0.717) is 17.6 Å². The second-order valence-corrected chi connectivity index (χ2v) is 4.43. The van der Waals surface area contributed by atoms with Crippen LogP contribution in [0.5, 0.6) is 0 Å². The number of halogens is 4. The van der Waals surface area contributed by atoms with E-state index in [1.807, 2.05) is 0 Å². The molecule has 0 bridgehead atoms. The van der Waals surface area contributed by atoms with Gasteiger partial charge < -0.3 is 0 Å². The van der Waals surface area contributed by atoms with Crippen LogP contribution in [0.15, 0.2) is 12.3 Å². The molecule has 1 atom stereocenters. The van der Waals surface area contributed by atoms with E-state index in [-0.39, 0.29) is 17.3 Å². The van der Waals surface area contributed by atoms with Gasteiger partial charge in [-0.2, -0.15) is 18.3 Å². The lowest BCUT2D eigenvalue weighted by molar-refractivity contribution is -0.150. The number of aryl methyl sites for hydroxylation is 1. The summed E-state index contributed by atoms with van der Waals surface area (Å²) in [5.41, 5.74) is 1.12. The first-order chi connectivity index (χ1) is 7.97. The average Bonchev–Trinajstić information content (AvgIpc) is 2.76. The van der Waals surface area contributed by atoms with Crippen LogP contribution in [0.4, 0.5) is 13.2 Å². The SMILES string of the molecule is FC(F)(F)C1CCc2cnc3cc(Cl)nn3c21. The van der Waals surface area contributed by atoms with Gasteiger partial charge in [-0.25, -0.2) is 9.50 Å². The molecule has 0 N–H and O–H groups in total. The number of hydrogen-bond donors (Lipinski definition) is 0. The fourth-order valence-corrected chi connectivity index (χ4v) is 2.45. The molecule has 17 heavy (non-hydrogen) atoms. The maximum absolute atomic E-state index is 12.9.